The van der Waals surface area contributed by atoms with Gasteiger partial charge in [0.1, 0.15) is 29.0 Å². The number of ether oxygens (including phenoxy) is 3. The number of unbranched alkanes of at least 4 members (excludes halogenated alkanes) is 4. The van der Waals surface area contributed by atoms with Gasteiger partial charge in [0.15, 0.2) is 0 Å². The molecule has 0 bridgehead atoms. The zero-order valence-corrected chi connectivity index (χ0v) is 30.2. The maximum Gasteiger partial charge on any atom is 0.343 e. The third-order valence-electron chi connectivity index (χ3n) is 8.51. The van der Waals surface area contributed by atoms with Gasteiger partial charge in [0.05, 0.1) is 18.6 Å². The average Bonchev–Trinajstić information content (AvgIpc) is 3.18. The first-order chi connectivity index (χ1) is 26.3. The maximum absolute atomic E-state index is 13.0. The monoisotopic (exact) mass is 728 g/mol. The van der Waals surface area contributed by atoms with Crippen LogP contribution in [-0.2, 0) is 22.4 Å². The molecule has 0 aliphatic heterocycles. The molecule has 0 spiro atoms. The van der Waals surface area contributed by atoms with E-state index in [4.69, 9.17) is 14.2 Å². The summed E-state index contributed by atoms with van der Waals surface area (Å²) in [4.78, 5) is 50.6. The molecule has 1 atom stereocenters. The van der Waals surface area contributed by atoms with E-state index in [0.29, 0.717) is 52.0 Å². The number of carboxylic acids is 1. The lowest BCUT2D eigenvalue weighted by Crippen LogP contribution is -2.42. The summed E-state index contributed by atoms with van der Waals surface area (Å²) in [7, 11) is 0. The van der Waals surface area contributed by atoms with Crippen LogP contribution in [-0.4, -0.2) is 41.5 Å². The van der Waals surface area contributed by atoms with Crippen molar-refractivity contribution in [1.82, 2.24) is 5.32 Å². The molecular weight excluding hydrogens is 684 g/mol. The summed E-state index contributed by atoms with van der Waals surface area (Å²) < 4.78 is 17.2. The number of esters is 1. The number of para-hydroxylation sites is 2. The summed E-state index contributed by atoms with van der Waals surface area (Å²) in [6.07, 6.45) is 5.81. The van der Waals surface area contributed by atoms with Crippen LogP contribution in [0.15, 0.2) is 127 Å². The van der Waals surface area contributed by atoms with Crippen LogP contribution in [0.4, 0.5) is 5.69 Å². The molecule has 0 saturated heterocycles. The van der Waals surface area contributed by atoms with Gasteiger partial charge in [0.25, 0.3) is 5.91 Å². The van der Waals surface area contributed by atoms with Gasteiger partial charge < -0.3 is 30.0 Å². The van der Waals surface area contributed by atoms with Crippen LogP contribution in [0.2, 0.25) is 0 Å². The van der Waals surface area contributed by atoms with Gasteiger partial charge >= 0.3 is 11.9 Å². The molecule has 10 nitrogen and oxygen atoms in total. The highest BCUT2D eigenvalue weighted by Gasteiger charge is 2.22. The van der Waals surface area contributed by atoms with Crippen LogP contribution in [0, 0.1) is 0 Å². The Labute approximate surface area is 315 Å². The Balaban J connectivity index is 1.08. The normalized spacial score (nSPS) is 11.2. The summed E-state index contributed by atoms with van der Waals surface area (Å²) >= 11 is 0. The number of rotatable bonds is 19. The SMILES string of the molecule is CCCCCCCOc1ccc(C(=O)Oc2ccc(CC(NC(=O)c3ccc(NC(=O)Cc4ccccc4Oc4ccccc4)cc3)C(=O)O)cc2)cc1. The smallest absolute Gasteiger partial charge is 0.343 e. The van der Waals surface area contributed by atoms with Crippen LogP contribution in [0.1, 0.15) is 70.9 Å². The molecule has 2 amide bonds. The van der Waals surface area contributed by atoms with Gasteiger partial charge in [0.2, 0.25) is 5.91 Å². The summed E-state index contributed by atoms with van der Waals surface area (Å²) in [6.45, 7) is 2.81. The molecular formula is C44H44N2O8. The molecule has 0 heterocycles. The first-order valence-electron chi connectivity index (χ1n) is 18.1. The van der Waals surface area contributed by atoms with Crippen molar-refractivity contribution in [2.45, 2.75) is 57.9 Å². The van der Waals surface area contributed by atoms with Gasteiger partial charge in [-0.3, -0.25) is 9.59 Å². The van der Waals surface area contributed by atoms with E-state index in [1.54, 1.807) is 66.7 Å². The molecule has 0 saturated carbocycles. The number of carboxylic acid groups (broad SMARTS) is 1. The average molecular weight is 729 g/mol. The Morgan fingerprint density at radius 3 is 2.02 bits per heavy atom. The van der Waals surface area contributed by atoms with Gasteiger partial charge in [-0.15, -0.1) is 0 Å². The topological polar surface area (TPSA) is 140 Å². The Hall–Kier alpha value is -6.42. The number of carbonyl (C=O) groups is 4. The highest BCUT2D eigenvalue weighted by Crippen LogP contribution is 2.26. The Bertz CT molecular complexity index is 1980. The summed E-state index contributed by atoms with van der Waals surface area (Å²) in [5, 5.41) is 15.2. The van der Waals surface area contributed by atoms with Crippen molar-refractivity contribution in [2.24, 2.45) is 0 Å². The van der Waals surface area contributed by atoms with E-state index in [2.05, 4.69) is 17.6 Å². The predicted octanol–water partition coefficient (Wildman–Crippen LogP) is 8.65. The number of hydrogen-bond donors (Lipinski definition) is 3. The zero-order valence-electron chi connectivity index (χ0n) is 30.2. The number of amides is 2. The molecule has 0 fully saturated rings. The van der Waals surface area contributed by atoms with Crippen molar-refractivity contribution in [2.75, 3.05) is 11.9 Å². The van der Waals surface area contributed by atoms with Gasteiger partial charge in [-0.2, -0.15) is 0 Å². The van der Waals surface area contributed by atoms with E-state index in [-0.39, 0.29) is 24.3 Å². The molecule has 5 aromatic rings. The van der Waals surface area contributed by atoms with Crippen molar-refractivity contribution < 1.29 is 38.5 Å². The van der Waals surface area contributed by atoms with E-state index in [1.807, 2.05) is 48.5 Å². The van der Waals surface area contributed by atoms with Crippen molar-refractivity contribution in [3.8, 4) is 23.0 Å². The number of carbonyl (C=O) groups excluding carboxylic acids is 3. The molecule has 0 aliphatic carbocycles. The highest BCUT2D eigenvalue weighted by atomic mass is 16.5. The second-order valence-electron chi connectivity index (χ2n) is 12.7. The molecule has 10 heteroatoms. The fourth-order valence-corrected chi connectivity index (χ4v) is 5.57. The fraction of sp³-hybridized carbons (Fsp3) is 0.227. The first-order valence-corrected chi connectivity index (χ1v) is 18.1. The second kappa shape index (κ2) is 20.0. The number of anilines is 1. The molecule has 54 heavy (non-hydrogen) atoms. The number of nitrogens with one attached hydrogen (secondary N) is 2. The molecule has 0 radical (unpaired) electrons. The third-order valence-corrected chi connectivity index (χ3v) is 8.51. The van der Waals surface area contributed by atoms with Gasteiger partial charge in [-0.25, -0.2) is 9.59 Å². The van der Waals surface area contributed by atoms with Crippen molar-refractivity contribution in [3.63, 3.8) is 0 Å². The van der Waals surface area contributed by atoms with E-state index < -0.39 is 23.9 Å². The lowest BCUT2D eigenvalue weighted by molar-refractivity contribution is -0.139. The fourth-order valence-electron chi connectivity index (χ4n) is 5.57. The summed E-state index contributed by atoms with van der Waals surface area (Å²) in [5.74, 6) is -0.373. The Kier molecular flexibility index (Phi) is 14.4. The first kappa shape index (κ1) is 38.8. The molecule has 1 unspecified atom stereocenters. The summed E-state index contributed by atoms with van der Waals surface area (Å²) in [6, 6.07) is 34.8. The quantitative estimate of drug-likeness (QED) is 0.0436. The number of benzene rings is 5. The minimum atomic E-state index is -1.22. The minimum Gasteiger partial charge on any atom is -0.494 e. The van der Waals surface area contributed by atoms with E-state index >= 15 is 0 Å². The Morgan fingerprint density at radius 2 is 1.31 bits per heavy atom. The molecule has 3 N–H and O–H groups in total. The van der Waals surface area contributed by atoms with Crippen molar-refractivity contribution in [3.05, 3.63) is 150 Å². The maximum atomic E-state index is 13.0. The summed E-state index contributed by atoms with van der Waals surface area (Å²) in [5.41, 5.74) is 2.40. The predicted molar refractivity (Wildman–Crippen MR) is 206 cm³/mol. The molecule has 278 valence electrons. The van der Waals surface area contributed by atoms with E-state index in [0.717, 1.165) is 12.8 Å². The van der Waals surface area contributed by atoms with Gasteiger partial charge in [-0.05, 0) is 90.8 Å². The van der Waals surface area contributed by atoms with Crippen LogP contribution in [0.5, 0.6) is 23.0 Å². The largest absolute Gasteiger partial charge is 0.494 e. The molecule has 0 aromatic heterocycles. The number of hydrogen-bond acceptors (Lipinski definition) is 7. The van der Waals surface area contributed by atoms with Crippen molar-refractivity contribution >= 4 is 29.4 Å². The van der Waals surface area contributed by atoms with Gasteiger partial charge in [-0.1, -0.05) is 81.1 Å². The van der Waals surface area contributed by atoms with Gasteiger partial charge in [0, 0.05) is 23.2 Å². The molecule has 5 rings (SSSR count). The zero-order chi connectivity index (χ0) is 38.1. The minimum absolute atomic E-state index is 0.00102. The van der Waals surface area contributed by atoms with Crippen molar-refractivity contribution in [1.29, 1.82) is 0 Å². The molecule has 0 aliphatic rings. The lowest BCUT2D eigenvalue weighted by atomic mass is 10.0. The van der Waals surface area contributed by atoms with E-state index in [1.165, 1.54) is 31.4 Å². The standard InChI is InChI=1S/C44H44N2O8/c1-2-3-4-5-11-28-52-36-26-20-33(21-27-36)44(51)54-38-24-16-31(17-25-38)29-39(43(49)50)46-42(48)32-18-22-35(23-19-32)45-41(47)30-34-12-9-10-15-40(34)53-37-13-7-6-8-14-37/h6-10,12-27,39H,2-5,11,28-30H2,1H3,(H,45,47)(H,46,48)(H,49,50). The van der Waals surface area contributed by atoms with Crippen LogP contribution in [0.3, 0.4) is 0 Å². The van der Waals surface area contributed by atoms with Crippen LogP contribution < -0.4 is 24.8 Å². The van der Waals surface area contributed by atoms with Crippen LogP contribution in [0.25, 0.3) is 0 Å². The third kappa shape index (κ3) is 12.1. The van der Waals surface area contributed by atoms with Crippen LogP contribution >= 0.6 is 0 Å². The van der Waals surface area contributed by atoms with E-state index in [9.17, 15) is 24.3 Å². The molecule has 5 aromatic carbocycles. The second-order valence-corrected chi connectivity index (χ2v) is 12.7. The number of aliphatic carboxylic acids is 1. The Morgan fingerprint density at radius 1 is 0.667 bits per heavy atom. The lowest BCUT2D eigenvalue weighted by Gasteiger charge is -2.15. The highest BCUT2D eigenvalue weighted by molar-refractivity contribution is 5.98.